The van der Waals surface area contributed by atoms with Crippen molar-refractivity contribution < 1.29 is 4.42 Å². The smallest absolute Gasteiger partial charge is 0.213 e. The minimum atomic E-state index is -0.0495. The lowest BCUT2D eigenvalue weighted by Gasteiger charge is -2.34. The van der Waals surface area contributed by atoms with Gasteiger partial charge in [0.2, 0.25) is 5.89 Å². The topological polar surface area (TPSA) is 81.8 Å². The number of pyridine rings is 1. The van der Waals surface area contributed by atoms with Gasteiger partial charge in [-0.25, -0.2) is 15.0 Å². The summed E-state index contributed by atoms with van der Waals surface area (Å²) < 4.78 is 5.86. The highest BCUT2D eigenvalue weighted by Crippen LogP contribution is 2.22. The Kier molecular flexibility index (Phi) is 7.90. The Morgan fingerprint density at radius 2 is 1.90 bits per heavy atom. The van der Waals surface area contributed by atoms with Crippen molar-refractivity contribution in [3.8, 4) is 0 Å². The van der Waals surface area contributed by atoms with Gasteiger partial charge in [0, 0.05) is 44.3 Å². The average molecular weight is 428 g/mol. The van der Waals surface area contributed by atoms with Gasteiger partial charge in [-0.1, -0.05) is 27.7 Å². The fourth-order valence-corrected chi connectivity index (χ4v) is 3.44. The second kappa shape index (κ2) is 10.6. The van der Waals surface area contributed by atoms with Crippen LogP contribution in [-0.2, 0) is 18.5 Å². The summed E-state index contributed by atoms with van der Waals surface area (Å²) in [5, 5.41) is 6.60. The predicted octanol–water partition coefficient (Wildman–Crippen LogP) is 2.76. The van der Waals surface area contributed by atoms with Gasteiger partial charge in [0.1, 0.15) is 11.6 Å². The molecule has 0 atom stereocenters. The van der Waals surface area contributed by atoms with Crippen molar-refractivity contribution in [3.63, 3.8) is 0 Å². The molecule has 170 valence electrons. The molecule has 0 radical (unpaired) electrons. The van der Waals surface area contributed by atoms with Crippen molar-refractivity contribution in [1.82, 2.24) is 25.5 Å². The molecule has 1 fully saturated rings. The van der Waals surface area contributed by atoms with Crippen molar-refractivity contribution in [2.45, 2.75) is 53.1 Å². The van der Waals surface area contributed by atoms with Crippen molar-refractivity contribution in [2.24, 2.45) is 4.99 Å². The van der Waals surface area contributed by atoms with Crippen LogP contribution >= 0.6 is 0 Å². The molecule has 31 heavy (non-hydrogen) atoms. The summed E-state index contributed by atoms with van der Waals surface area (Å²) in [6.07, 6.45) is 3.69. The average Bonchev–Trinajstić information content (AvgIpc) is 3.26. The summed E-state index contributed by atoms with van der Waals surface area (Å²) in [5.74, 6) is 3.33. The van der Waals surface area contributed by atoms with Crippen LogP contribution in [0.2, 0.25) is 0 Å². The number of nitrogens with zero attached hydrogens (tertiary/aromatic N) is 5. The largest absolute Gasteiger partial charge is 0.443 e. The molecule has 0 aromatic carbocycles. The van der Waals surface area contributed by atoms with Crippen LogP contribution in [0, 0.1) is 0 Å². The van der Waals surface area contributed by atoms with Gasteiger partial charge in [0.05, 0.1) is 19.3 Å². The van der Waals surface area contributed by atoms with E-state index >= 15 is 0 Å². The normalized spacial score (nSPS) is 15.9. The highest BCUT2D eigenvalue weighted by Gasteiger charge is 2.19. The number of rotatable bonds is 7. The van der Waals surface area contributed by atoms with Crippen LogP contribution in [0.15, 0.2) is 33.9 Å². The lowest BCUT2D eigenvalue weighted by atomic mass is 9.94. The van der Waals surface area contributed by atoms with Crippen molar-refractivity contribution in [3.05, 3.63) is 41.7 Å². The Labute approximate surface area is 186 Å². The van der Waals surface area contributed by atoms with Crippen molar-refractivity contribution >= 4 is 11.8 Å². The third-order valence-corrected chi connectivity index (χ3v) is 5.42. The maximum absolute atomic E-state index is 5.86. The van der Waals surface area contributed by atoms with Crippen LogP contribution in [0.1, 0.15) is 51.8 Å². The number of aliphatic imine (C=N–C) groups is 1. The highest BCUT2D eigenvalue weighted by atomic mass is 16.4. The van der Waals surface area contributed by atoms with E-state index in [2.05, 4.69) is 71.1 Å². The van der Waals surface area contributed by atoms with Crippen LogP contribution < -0.4 is 15.5 Å². The number of oxazole rings is 1. The highest BCUT2D eigenvalue weighted by molar-refractivity contribution is 5.79. The molecule has 0 spiro atoms. The van der Waals surface area contributed by atoms with E-state index in [4.69, 9.17) is 9.41 Å². The molecule has 2 aromatic rings. The molecular weight excluding hydrogens is 390 g/mol. The number of aromatic nitrogens is 2. The second-order valence-corrected chi connectivity index (χ2v) is 8.86. The summed E-state index contributed by atoms with van der Waals surface area (Å²) in [5.41, 5.74) is 1.10. The third kappa shape index (κ3) is 6.69. The third-order valence-electron chi connectivity index (χ3n) is 5.42. The van der Waals surface area contributed by atoms with E-state index in [0.717, 1.165) is 62.4 Å². The zero-order valence-electron chi connectivity index (χ0n) is 19.6. The molecule has 8 heteroatoms. The first-order valence-electron chi connectivity index (χ1n) is 11.3. The molecule has 0 unspecified atom stereocenters. The SMILES string of the molecule is CCNC(=NCc1ccnc(N2CCN(CC)CC2)c1)NCc1ncc(C(C)(C)C)o1. The number of piperazine rings is 1. The minimum Gasteiger partial charge on any atom is -0.443 e. The first-order valence-corrected chi connectivity index (χ1v) is 11.3. The number of likely N-dealkylation sites (N-methyl/N-ethyl adjacent to an activating group) is 1. The first-order chi connectivity index (χ1) is 14.9. The van der Waals surface area contributed by atoms with Gasteiger partial charge < -0.3 is 24.9 Å². The van der Waals surface area contributed by atoms with Crippen molar-refractivity contribution in [1.29, 1.82) is 0 Å². The number of nitrogens with one attached hydrogen (secondary N) is 2. The lowest BCUT2D eigenvalue weighted by Crippen LogP contribution is -2.46. The van der Waals surface area contributed by atoms with Gasteiger partial charge in [0.15, 0.2) is 5.96 Å². The van der Waals surface area contributed by atoms with Crippen LogP contribution in [0.4, 0.5) is 5.82 Å². The Bertz CT molecular complexity index is 848. The minimum absolute atomic E-state index is 0.0495. The maximum Gasteiger partial charge on any atom is 0.213 e. The summed E-state index contributed by atoms with van der Waals surface area (Å²) in [4.78, 5) is 18.5. The second-order valence-electron chi connectivity index (χ2n) is 8.86. The number of hydrogen-bond acceptors (Lipinski definition) is 6. The molecule has 2 N–H and O–H groups in total. The molecule has 0 bridgehead atoms. The molecule has 2 aromatic heterocycles. The molecule has 1 aliphatic heterocycles. The van der Waals surface area contributed by atoms with Gasteiger partial charge >= 0.3 is 0 Å². The molecular formula is C23H37N7O. The van der Waals surface area contributed by atoms with E-state index < -0.39 is 0 Å². The molecule has 0 amide bonds. The van der Waals surface area contributed by atoms with Gasteiger partial charge in [-0.2, -0.15) is 0 Å². The van der Waals surface area contributed by atoms with E-state index in [-0.39, 0.29) is 5.41 Å². The zero-order valence-corrected chi connectivity index (χ0v) is 19.6. The summed E-state index contributed by atoms with van der Waals surface area (Å²) >= 11 is 0. The number of guanidine groups is 1. The lowest BCUT2D eigenvalue weighted by molar-refractivity contribution is 0.270. The van der Waals surface area contributed by atoms with Gasteiger partial charge in [-0.3, -0.25) is 0 Å². The number of anilines is 1. The monoisotopic (exact) mass is 427 g/mol. The maximum atomic E-state index is 5.86. The van der Waals surface area contributed by atoms with E-state index in [1.54, 1.807) is 6.20 Å². The fraction of sp³-hybridized carbons (Fsp3) is 0.609. The van der Waals surface area contributed by atoms with Crippen LogP contribution in [0.5, 0.6) is 0 Å². The van der Waals surface area contributed by atoms with E-state index in [9.17, 15) is 0 Å². The summed E-state index contributed by atoms with van der Waals surface area (Å²) in [7, 11) is 0. The van der Waals surface area contributed by atoms with Crippen molar-refractivity contribution in [2.75, 3.05) is 44.2 Å². The van der Waals surface area contributed by atoms with Crippen LogP contribution in [0.3, 0.4) is 0 Å². The van der Waals surface area contributed by atoms with Gasteiger partial charge in [0.25, 0.3) is 0 Å². The van der Waals surface area contributed by atoms with E-state index in [1.807, 2.05) is 12.3 Å². The van der Waals surface area contributed by atoms with Gasteiger partial charge in [-0.05, 0) is 31.2 Å². The predicted molar refractivity (Wildman–Crippen MR) is 125 cm³/mol. The molecule has 0 saturated carbocycles. The Balaban J connectivity index is 1.59. The Morgan fingerprint density at radius 3 is 2.55 bits per heavy atom. The molecule has 1 aliphatic rings. The van der Waals surface area contributed by atoms with Crippen LogP contribution in [0.25, 0.3) is 0 Å². The molecule has 8 nitrogen and oxygen atoms in total. The summed E-state index contributed by atoms with van der Waals surface area (Å²) in [6, 6.07) is 4.18. The van der Waals surface area contributed by atoms with E-state index in [0.29, 0.717) is 19.0 Å². The summed E-state index contributed by atoms with van der Waals surface area (Å²) in [6.45, 7) is 17.8. The van der Waals surface area contributed by atoms with Crippen LogP contribution in [-0.4, -0.2) is 60.1 Å². The molecule has 0 aliphatic carbocycles. The molecule has 3 heterocycles. The standard InChI is InChI=1S/C23H37N7O/c1-6-24-22(28-17-21-26-16-19(31-21)23(3,4)5)27-15-18-8-9-25-20(14-18)30-12-10-29(7-2)11-13-30/h8-9,14,16H,6-7,10-13,15,17H2,1-5H3,(H2,24,27,28). The molecule has 1 saturated heterocycles. The van der Waals surface area contributed by atoms with Gasteiger partial charge in [-0.15, -0.1) is 0 Å². The first kappa shape index (κ1) is 23.1. The number of hydrogen-bond donors (Lipinski definition) is 2. The fourth-order valence-electron chi connectivity index (χ4n) is 3.44. The quantitative estimate of drug-likeness (QED) is 0.519. The Morgan fingerprint density at radius 1 is 1.13 bits per heavy atom. The molecule has 3 rings (SSSR count). The van der Waals surface area contributed by atoms with E-state index in [1.165, 1.54) is 0 Å². The zero-order chi connectivity index (χ0) is 22.3. The Hall–Kier alpha value is -2.61.